The second-order valence-electron chi connectivity index (χ2n) is 5.34. The van der Waals surface area contributed by atoms with Crippen LogP contribution in [0.25, 0.3) is 10.1 Å². The van der Waals surface area contributed by atoms with Crippen molar-refractivity contribution in [3.8, 4) is 0 Å². The normalized spacial score (nSPS) is 14.2. The van der Waals surface area contributed by atoms with E-state index >= 15 is 0 Å². The van der Waals surface area contributed by atoms with Gasteiger partial charge in [0.2, 0.25) is 0 Å². The Morgan fingerprint density at radius 2 is 1.94 bits per heavy atom. The van der Waals surface area contributed by atoms with Gasteiger partial charge in [0.25, 0.3) is 0 Å². The quantitative estimate of drug-likeness (QED) is 0.836. The van der Waals surface area contributed by atoms with Crippen molar-refractivity contribution in [2.45, 2.75) is 33.3 Å². The molecule has 86 valence electrons. The van der Waals surface area contributed by atoms with Gasteiger partial charge in [0.05, 0.1) is 6.10 Å². The van der Waals surface area contributed by atoms with Crippen LogP contribution in [0.4, 0.5) is 0 Å². The van der Waals surface area contributed by atoms with E-state index in [9.17, 15) is 5.11 Å². The lowest BCUT2D eigenvalue weighted by atomic mass is 9.85. The molecular formula is C14H18OS. The van der Waals surface area contributed by atoms with Gasteiger partial charge in [-0.15, -0.1) is 11.3 Å². The van der Waals surface area contributed by atoms with Gasteiger partial charge in [0, 0.05) is 11.1 Å². The van der Waals surface area contributed by atoms with E-state index in [0.29, 0.717) is 0 Å². The van der Waals surface area contributed by atoms with E-state index in [-0.39, 0.29) is 11.5 Å². The van der Waals surface area contributed by atoms with E-state index in [0.717, 1.165) is 6.42 Å². The summed E-state index contributed by atoms with van der Waals surface area (Å²) in [5, 5.41) is 13.6. The Labute approximate surface area is 101 Å². The van der Waals surface area contributed by atoms with E-state index in [1.54, 1.807) is 11.3 Å². The van der Waals surface area contributed by atoms with Crippen molar-refractivity contribution in [3.05, 3.63) is 35.2 Å². The minimum Gasteiger partial charge on any atom is -0.392 e. The number of hydrogen-bond acceptors (Lipinski definition) is 2. The van der Waals surface area contributed by atoms with Gasteiger partial charge in [0.15, 0.2) is 0 Å². The molecule has 16 heavy (non-hydrogen) atoms. The first-order valence-electron chi connectivity index (χ1n) is 5.61. The van der Waals surface area contributed by atoms with Crippen LogP contribution in [0, 0.1) is 5.41 Å². The Morgan fingerprint density at radius 3 is 2.62 bits per heavy atom. The van der Waals surface area contributed by atoms with Gasteiger partial charge in [-0.25, -0.2) is 0 Å². The van der Waals surface area contributed by atoms with Crippen LogP contribution >= 0.6 is 11.3 Å². The van der Waals surface area contributed by atoms with Crippen molar-refractivity contribution in [3.63, 3.8) is 0 Å². The molecule has 2 heteroatoms. The highest BCUT2D eigenvalue weighted by Crippen LogP contribution is 2.29. The van der Waals surface area contributed by atoms with Crippen LogP contribution in [-0.2, 0) is 6.42 Å². The average molecular weight is 234 g/mol. The van der Waals surface area contributed by atoms with Crippen LogP contribution in [0.3, 0.4) is 0 Å². The standard InChI is InChI=1S/C14H18OS/c1-14(2,3)13(15)8-10-9-16-12-7-5-4-6-11(10)12/h4-7,9,13,15H,8H2,1-3H3. The van der Waals surface area contributed by atoms with Crippen molar-refractivity contribution >= 4 is 21.4 Å². The molecule has 0 saturated carbocycles. The third kappa shape index (κ3) is 2.28. The van der Waals surface area contributed by atoms with Gasteiger partial charge in [0.1, 0.15) is 0 Å². The summed E-state index contributed by atoms with van der Waals surface area (Å²) in [5.74, 6) is 0. The molecule has 0 radical (unpaired) electrons. The molecule has 2 aromatic rings. The zero-order valence-electron chi connectivity index (χ0n) is 10.0. The van der Waals surface area contributed by atoms with Gasteiger partial charge < -0.3 is 5.11 Å². The maximum atomic E-state index is 10.1. The number of fused-ring (bicyclic) bond motifs is 1. The molecule has 1 aromatic carbocycles. The number of aliphatic hydroxyl groups is 1. The number of aliphatic hydroxyl groups excluding tert-OH is 1. The number of rotatable bonds is 2. The van der Waals surface area contributed by atoms with Crippen LogP contribution in [0.1, 0.15) is 26.3 Å². The summed E-state index contributed by atoms with van der Waals surface area (Å²) in [6.45, 7) is 6.23. The lowest BCUT2D eigenvalue weighted by Crippen LogP contribution is -2.27. The monoisotopic (exact) mass is 234 g/mol. The molecule has 1 unspecified atom stereocenters. The summed E-state index contributed by atoms with van der Waals surface area (Å²) in [6, 6.07) is 8.38. The van der Waals surface area contributed by atoms with Gasteiger partial charge in [-0.1, -0.05) is 39.0 Å². The molecule has 1 atom stereocenters. The lowest BCUT2D eigenvalue weighted by Gasteiger charge is -2.25. The van der Waals surface area contributed by atoms with Crippen molar-refractivity contribution in [1.29, 1.82) is 0 Å². The van der Waals surface area contributed by atoms with Crippen LogP contribution in [0.5, 0.6) is 0 Å². The fraction of sp³-hybridized carbons (Fsp3) is 0.429. The molecule has 0 saturated heterocycles. The molecule has 0 bridgehead atoms. The molecule has 0 aliphatic carbocycles. The predicted molar refractivity (Wildman–Crippen MR) is 71.0 cm³/mol. The van der Waals surface area contributed by atoms with E-state index < -0.39 is 0 Å². The molecule has 1 N–H and O–H groups in total. The Kier molecular flexibility index (Phi) is 3.04. The minimum absolute atomic E-state index is 0.0525. The molecular weight excluding hydrogens is 216 g/mol. The fourth-order valence-electron chi connectivity index (χ4n) is 1.71. The topological polar surface area (TPSA) is 20.2 Å². The molecule has 0 amide bonds. The second kappa shape index (κ2) is 4.19. The van der Waals surface area contributed by atoms with Gasteiger partial charge in [-0.05, 0) is 27.8 Å². The smallest absolute Gasteiger partial charge is 0.0629 e. The average Bonchev–Trinajstić information content (AvgIpc) is 2.61. The lowest BCUT2D eigenvalue weighted by molar-refractivity contribution is 0.0639. The number of thiophene rings is 1. The predicted octanol–water partition coefficient (Wildman–Crippen LogP) is 3.85. The van der Waals surface area contributed by atoms with E-state index in [1.165, 1.54) is 15.6 Å². The van der Waals surface area contributed by atoms with Crippen molar-refractivity contribution < 1.29 is 5.11 Å². The van der Waals surface area contributed by atoms with Gasteiger partial charge in [-0.2, -0.15) is 0 Å². The number of hydrogen-bond donors (Lipinski definition) is 1. The summed E-state index contributed by atoms with van der Waals surface area (Å²) < 4.78 is 1.30. The van der Waals surface area contributed by atoms with E-state index in [4.69, 9.17) is 0 Å². The fourth-order valence-corrected chi connectivity index (χ4v) is 2.68. The van der Waals surface area contributed by atoms with Crippen LogP contribution in [-0.4, -0.2) is 11.2 Å². The molecule has 2 rings (SSSR count). The highest BCUT2D eigenvalue weighted by molar-refractivity contribution is 7.17. The highest BCUT2D eigenvalue weighted by atomic mass is 32.1. The molecule has 1 aromatic heterocycles. The Morgan fingerprint density at radius 1 is 1.25 bits per heavy atom. The summed E-state index contributed by atoms with van der Waals surface area (Å²) in [7, 11) is 0. The highest BCUT2D eigenvalue weighted by Gasteiger charge is 2.23. The Balaban J connectivity index is 2.28. The van der Waals surface area contributed by atoms with Gasteiger partial charge in [-0.3, -0.25) is 0 Å². The van der Waals surface area contributed by atoms with Crippen LogP contribution in [0.15, 0.2) is 29.6 Å². The van der Waals surface area contributed by atoms with Crippen LogP contribution in [0.2, 0.25) is 0 Å². The molecule has 0 aliphatic rings. The van der Waals surface area contributed by atoms with E-state index in [2.05, 4.69) is 50.4 Å². The summed E-state index contributed by atoms with van der Waals surface area (Å²) in [4.78, 5) is 0. The molecule has 0 fully saturated rings. The number of benzene rings is 1. The SMILES string of the molecule is CC(C)(C)C(O)Cc1csc2ccccc12. The molecule has 1 heterocycles. The Hall–Kier alpha value is -0.860. The second-order valence-corrected chi connectivity index (χ2v) is 6.25. The first-order valence-corrected chi connectivity index (χ1v) is 6.49. The maximum Gasteiger partial charge on any atom is 0.0629 e. The third-order valence-corrected chi connectivity index (χ3v) is 3.99. The zero-order valence-corrected chi connectivity index (χ0v) is 10.8. The molecule has 0 spiro atoms. The summed E-state index contributed by atoms with van der Waals surface area (Å²) in [5.41, 5.74) is 1.21. The Bertz CT molecular complexity index is 479. The summed E-state index contributed by atoms with van der Waals surface area (Å²) in [6.07, 6.45) is 0.457. The molecule has 1 nitrogen and oxygen atoms in total. The molecule has 0 aliphatic heterocycles. The van der Waals surface area contributed by atoms with Crippen molar-refractivity contribution in [2.75, 3.05) is 0 Å². The van der Waals surface area contributed by atoms with Gasteiger partial charge >= 0.3 is 0 Å². The van der Waals surface area contributed by atoms with Crippen LogP contribution < -0.4 is 0 Å². The zero-order chi connectivity index (χ0) is 11.8. The first kappa shape index (κ1) is 11.6. The van der Waals surface area contributed by atoms with Crippen molar-refractivity contribution in [2.24, 2.45) is 5.41 Å². The van der Waals surface area contributed by atoms with E-state index in [1.807, 2.05) is 0 Å². The maximum absolute atomic E-state index is 10.1. The first-order chi connectivity index (χ1) is 7.48. The third-order valence-electron chi connectivity index (χ3n) is 2.97. The minimum atomic E-state index is -0.287. The summed E-state index contributed by atoms with van der Waals surface area (Å²) >= 11 is 1.76. The largest absolute Gasteiger partial charge is 0.392 e. The van der Waals surface area contributed by atoms with Crippen molar-refractivity contribution in [1.82, 2.24) is 0 Å².